The largest absolute Gasteiger partial charge is 0.288 e. The molecule has 0 N–H and O–H groups in total. The summed E-state index contributed by atoms with van der Waals surface area (Å²) in [4.78, 5) is 4.60. The quantitative estimate of drug-likeness (QED) is 0.122. The molecule has 1 nitrogen and oxygen atoms in total. The lowest BCUT2D eigenvalue weighted by molar-refractivity contribution is 0.797. The molecule has 9 aromatic carbocycles. The fraction of sp³-hybridized carbons (Fsp3) is 0.0377. The Morgan fingerprint density at radius 2 is 0.870 bits per heavy atom. The third kappa shape index (κ3) is 4.36. The summed E-state index contributed by atoms with van der Waals surface area (Å²) in [5.74, 6) is 0. The van der Waals surface area contributed by atoms with Crippen LogP contribution in [0.4, 0.5) is 0 Å². The molecular formula is C53H35N. The zero-order valence-corrected chi connectivity index (χ0v) is 29.7. The molecule has 0 heterocycles. The van der Waals surface area contributed by atoms with Crippen LogP contribution in [0.2, 0.25) is 0 Å². The summed E-state index contributed by atoms with van der Waals surface area (Å²) in [6.45, 7) is 4.00. The number of rotatable bonds is 6. The summed E-state index contributed by atoms with van der Waals surface area (Å²) in [5, 5.41) is 5.41. The van der Waals surface area contributed by atoms with Crippen LogP contribution in [0.5, 0.6) is 0 Å². The maximum Gasteiger partial charge on any atom is 0.0992 e. The second kappa shape index (κ2) is 11.8. The molecule has 252 valence electrons. The fourth-order valence-electron chi connectivity index (χ4n) is 9.63. The van der Waals surface area contributed by atoms with E-state index in [-0.39, 0.29) is 11.5 Å². The third-order valence-corrected chi connectivity index (χ3v) is 12.0. The minimum Gasteiger partial charge on any atom is -0.288 e. The predicted octanol–water partition coefficient (Wildman–Crippen LogP) is 13.5. The van der Waals surface area contributed by atoms with E-state index < -0.39 is 0 Å². The molecule has 9 aromatic rings. The van der Waals surface area contributed by atoms with Gasteiger partial charge in [-0.05, 0) is 124 Å². The van der Waals surface area contributed by atoms with E-state index in [4.69, 9.17) is 0 Å². The van der Waals surface area contributed by atoms with Gasteiger partial charge in [-0.15, -0.1) is 0 Å². The molecular weight excluding hydrogens is 651 g/mol. The first-order valence-corrected chi connectivity index (χ1v) is 18.7. The van der Waals surface area contributed by atoms with Crippen molar-refractivity contribution in [2.75, 3.05) is 0 Å². The van der Waals surface area contributed by atoms with Gasteiger partial charge in [0, 0.05) is 0 Å². The van der Waals surface area contributed by atoms with Crippen LogP contribution in [0.25, 0.3) is 66.1 Å². The Morgan fingerprint density at radius 1 is 0.352 bits per heavy atom. The number of nitrogens with zero attached hydrogens (tertiary/aromatic N) is 1. The summed E-state index contributed by atoms with van der Waals surface area (Å²) >= 11 is 0. The molecule has 1 heteroatoms. The molecule has 0 saturated carbocycles. The van der Waals surface area contributed by atoms with Crippen LogP contribution in [0.15, 0.2) is 199 Å². The van der Waals surface area contributed by atoms with Crippen LogP contribution >= 0.6 is 0 Å². The van der Waals surface area contributed by atoms with Crippen molar-refractivity contribution < 1.29 is 0 Å². The van der Waals surface area contributed by atoms with Crippen LogP contribution in [0, 0.1) is 0 Å². The van der Waals surface area contributed by atoms with Gasteiger partial charge < -0.3 is 0 Å². The van der Waals surface area contributed by atoms with Gasteiger partial charge in [-0.25, -0.2) is 0 Å². The molecule has 2 aliphatic rings. The van der Waals surface area contributed by atoms with Gasteiger partial charge in [0.15, 0.2) is 0 Å². The molecule has 0 bridgehead atoms. The predicted molar refractivity (Wildman–Crippen MR) is 226 cm³/mol. The molecule has 0 fully saturated rings. The second-order valence-electron chi connectivity index (χ2n) is 14.7. The van der Waals surface area contributed by atoms with Crippen LogP contribution in [0.1, 0.15) is 39.4 Å². The van der Waals surface area contributed by atoms with Gasteiger partial charge in [0.2, 0.25) is 0 Å². The average Bonchev–Trinajstić information content (AvgIpc) is 3.72. The van der Waals surface area contributed by atoms with Crippen LogP contribution < -0.4 is 0 Å². The van der Waals surface area contributed by atoms with Crippen molar-refractivity contribution in [3.05, 3.63) is 228 Å². The first-order chi connectivity index (χ1) is 26.7. The molecule has 0 radical (unpaired) electrons. The SMILES string of the molecule is C=NC(c1ccc(-c2ccccc2)cc1)c1cccc(-c2cccc(-c3ccc4c(c3)-c3ccccc3C43c4cccc5ccc6cccc3c6c45)c2)c1. The van der Waals surface area contributed by atoms with Crippen molar-refractivity contribution in [3.63, 3.8) is 0 Å². The fourth-order valence-corrected chi connectivity index (χ4v) is 9.63. The van der Waals surface area contributed by atoms with Gasteiger partial charge in [-0.3, -0.25) is 4.99 Å². The van der Waals surface area contributed by atoms with E-state index in [1.54, 1.807) is 0 Å². The third-order valence-electron chi connectivity index (χ3n) is 12.0. The number of hydrogen-bond donors (Lipinski definition) is 0. The first-order valence-electron chi connectivity index (χ1n) is 18.7. The first kappa shape index (κ1) is 30.8. The Bertz CT molecular complexity index is 2890. The van der Waals surface area contributed by atoms with Crippen molar-refractivity contribution in [1.29, 1.82) is 0 Å². The highest BCUT2D eigenvalue weighted by Gasteiger charge is 2.50. The van der Waals surface area contributed by atoms with E-state index in [9.17, 15) is 0 Å². The lowest BCUT2D eigenvalue weighted by Crippen LogP contribution is -2.26. The summed E-state index contributed by atoms with van der Waals surface area (Å²) in [6, 6.07) is 71.3. The van der Waals surface area contributed by atoms with Gasteiger partial charge >= 0.3 is 0 Å². The Hall–Kier alpha value is -6.83. The van der Waals surface area contributed by atoms with Crippen LogP contribution in [-0.4, -0.2) is 6.72 Å². The summed E-state index contributed by atoms with van der Waals surface area (Å²) < 4.78 is 0. The van der Waals surface area contributed by atoms with Crippen LogP contribution in [0.3, 0.4) is 0 Å². The number of fused-ring (bicyclic) bond motifs is 7. The summed E-state index contributed by atoms with van der Waals surface area (Å²) in [6.07, 6.45) is 0. The van der Waals surface area contributed by atoms with Gasteiger partial charge in [-0.2, -0.15) is 0 Å². The highest BCUT2D eigenvalue weighted by Crippen LogP contribution is 2.62. The van der Waals surface area contributed by atoms with E-state index in [2.05, 4.69) is 200 Å². The maximum atomic E-state index is 4.60. The van der Waals surface area contributed by atoms with Crippen molar-refractivity contribution in [3.8, 4) is 44.5 Å². The molecule has 54 heavy (non-hydrogen) atoms. The Morgan fingerprint density at radius 3 is 1.57 bits per heavy atom. The monoisotopic (exact) mass is 685 g/mol. The molecule has 11 rings (SSSR count). The average molecular weight is 686 g/mol. The number of benzene rings is 9. The lowest BCUT2D eigenvalue weighted by atomic mass is 9.70. The zero-order valence-electron chi connectivity index (χ0n) is 29.7. The molecule has 0 amide bonds. The second-order valence-corrected chi connectivity index (χ2v) is 14.7. The minimum atomic E-state index is -0.340. The van der Waals surface area contributed by atoms with Crippen molar-refractivity contribution in [2.24, 2.45) is 4.99 Å². The van der Waals surface area contributed by atoms with Crippen LogP contribution in [-0.2, 0) is 5.41 Å². The van der Waals surface area contributed by atoms with Gasteiger partial charge in [0.05, 0.1) is 11.5 Å². The van der Waals surface area contributed by atoms with Crippen molar-refractivity contribution in [1.82, 2.24) is 0 Å². The number of aliphatic imine (C=N–C) groups is 1. The highest BCUT2D eigenvalue weighted by atomic mass is 14.7. The summed E-state index contributed by atoms with van der Waals surface area (Å²) in [5.41, 5.74) is 17.3. The van der Waals surface area contributed by atoms with Gasteiger partial charge in [0.1, 0.15) is 0 Å². The lowest BCUT2D eigenvalue weighted by Gasteiger charge is -2.30. The zero-order chi connectivity index (χ0) is 35.8. The highest BCUT2D eigenvalue weighted by molar-refractivity contribution is 6.17. The topological polar surface area (TPSA) is 12.4 Å². The minimum absolute atomic E-state index is 0.152. The van der Waals surface area contributed by atoms with E-state index >= 15 is 0 Å². The Balaban J connectivity index is 0.984. The van der Waals surface area contributed by atoms with E-state index in [0.29, 0.717) is 0 Å². The molecule has 2 aliphatic carbocycles. The normalized spacial score (nSPS) is 13.7. The smallest absolute Gasteiger partial charge is 0.0992 e. The van der Waals surface area contributed by atoms with Gasteiger partial charge in [0.25, 0.3) is 0 Å². The standard InChI is InChI=1S/C53H35N/c1-54-52(38-27-23-35(24-28-38)34-11-3-2-4-12-34)43-18-8-17-41(32-43)39-15-7-16-40(31-39)42-29-30-47-45(33-42)44-19-5-6-20-46(44)53(47)48-21-9-13-36-25-26-37-14-10-22-49(53)51(37)50(36)48/h2-33,52H,1H2. The summed E-state index contributed by atoms with van der Waals surface area (Å²) in [7, 11) is 0. The molecule has 0 aliphatic heterocycles. The molecule has 1 spiro atoms. The molecule has 0 aromatic heterocycles. The van der Waals surface area contributed by atoms with E-state index in [0.717, 1.165) is 11.1 Å². The maximum absolute atomic E-state index is 4.60. The Kier molecular flexibility index (Phi) is 6.75. The van der Waals surface area contributed by atoms with Gasteiger partial charge in [-0.1, -0.05) is 176 Å². The van der Waals surface area contributed by atoms with Crippen molar-refractivity contribution in [2.45, 2.75) is 11.5 Å². The molecule has 1 unspecified atom stereocenters. The van der Waals surface area contributed by atoms with E-state index in [1.165, 1.54) is 88.3 Å². The molecule has 1 atom stereocenters. The molecule has 0 saturated heterocycles. The Labute approximate surface area is 315 Å². The number of hydrogen-bond acceptors (Lipinski definition) is 1. The van der Waals surface area contributed by atoms with E-state index in [1.807, 2.05) is 6.07 Å². The van der Waals surface area contributed by atoms with Crippen molar-refractivity contribution >= 4 is 28.3 Å².